The van der Waals surface area contributed by atoms with Crippen LogP contribution in [0.1, 0.15) is 40.5 Å². The Morgan fingerprint density at radius 3 is 2.26 bits per heavy atom. The summed E-state index contributed by atoms with van der Waals surface area (Å²) in [4.78, 5) is 16.1. The van der Waals surface area contributed by atoms with Crippen molar-refractivity contribution in [2.75, 3.05) is 0 Å². The Bertz CT molecular complexity index is 1030. The highest BCUT2D eigenvalue weighted by Crippen LogP contribution is 2.42. The van der Waals surface area contributed by atoms with Crippen molar-refractivity contribution in [2.45, 2.75) is 62.6 Å². The van der Waals surface area contributed by atoms with Crippen molar-refractivity contribution in [3.63, 3.8) is 0 Å². The molecule has 0 atom stereocenters. The van der Waals surface area contributed by atoms with Crippen molar-refractivity contribution in [1.82, 2.24) is 14.6 Å². The molecule has 1 fully saturated rings. The molecule has 0 unspecified atom stereocenters. The number of nitrogens with zero attached hydrogens (tertiary/aromatic N) is 2. The van der Waals surface area contributed by atoms with Crippen LogP contribution in [-0.4, -0.2) is 40.7 Å². The summed E-state index contributed by atoms with van der Waals surface area (Å²) in [5, 5.41) is 2.92. The molecule has 2 heterocycles. The number of hydrogen-bond donors (Lipinski definition) is 1. The maximum Gasteiger partial charge on any atom is 0.244 e. The van der Waals surface area contributed by atoms with E-state index in [2.05, 4.69) is 16.9 Å². The number of benzene rings is 1. The van der Waals surface area contributed by atoms with Gasteiger partial charge in [-0.25, -0.2) is 13.4 Å². The highest BCUT2D eigenvalue weighted by molar-refractivity contribution is 7.89. The van der Waals surface area contributed by atoms with Crippen LogP contribution < -0.4 is 10.1 Å². The lowest BCUT2D eigenvalue weighted by Crippen LogP contribution is -2.65. The molecule has 166 valence electrons. The van der Waals surface area contributed by atoms with Gasteiger partial charge in [0.05, 0.1) is 4.90 Å². The molecule has 1 N–H and O–H groups in total. The quantitative estimate of drug-likeness (QED) is 0.685. The zero-order valence-corrected chi connectivity index (χ0v) is 19.1. The van der Waals surface area contributed by atoms with E-state index in [-0.39, 0.29) is 16.8 Å². The lowest BCUT2D eigenvalue weighted by atomic mass is 9.79. The molecular weight excluding hydrogens is 414 g/mol. The van der Waals surface area contributed by atoms with Gasteiger partial charge in [-0.2, -0.15) is 4.31 Å². The molecule has 1 aromatic heterocycles. The molecule has 0 bridgehead atoms. The zero-order chi connectivity index (χ0) is 22.9. The summed E-state index contributed by atoms with van der Waals surface area (Å²) < 4.78 is 34.5. The molecular formula is C23H29N3O4S. The van der Waals surface area contributed by atoms with Gasteiger partial charge >= 0.3 is 0 Å². The van der Waals surface area contributed by atoms with Crippen LogP contribution in [0.2, 0.25) is 0 Å². The Hall–Kier alpha value is -2.71. The Labute approximate surface area is 184 Å². The molecule has 0 spiro atoms. The highest BCUT2D eigenvalue weighted by Gasteiger charge is 2.51. The number of hydrogen-bond acceptors (Lipinski definition) is 5. The van der Waals surface area contributed by atoms with Gasteiger partial charge in [-0.3, -0.25) is 4.79 Å². The summed E-state index contributed by atoms with van der Waals surface area (Å²) in [6.07, 6.45) is 3.85. The van der Waals surface area contributed by atoms with E-state index in [1.54, 1.807) is 46.9 Å². The third kappa shape index (κ3) is 4.97. The van der Waals surface area contributed by atoms with Crippen LogP contribution in [0, 0.1) is 0 Å². The fourth-order valence-electron chi connectivity index (χ4n) is 4.59. The van der Waals surface area contributed by atoms with Gasteiger partial charge in [0, 0.05) is 29.4 Å². The number of amides is 1. The first-order valence-electron chi connectivity index (χ1n) is 10.1. The summed E-state index contributed by atoms with van der Waals surface area (Å²) in [6, 6.07) is 11.5. The van der Waals surface area contributed by atoms with Crippen molar-refractivity contribution in [1.29, 1.82) is 0 Å². The lowest BCUT2D eigenvalue weighted by Gasteiger charge is -2.53. The third-order valence-electron chi connectivity index (χ3n) is 5.35. The van der Waals surface area contributed by atoms with E-state index in [0.717, 1.165) is 0 Å². The third-order valence-corrected chi connectivity index (χ3v) is 7.68. The van der Waals surface area contributed by atoms with E-state index in [4.69, 9.17) is 4.74 Å². The maximum absolute atomic E-state index is 13.6. The minimum atomic E-state index is -3.80. The van der Waals surface area contributed by atoms with Gasteiger partial charge in [-0.15, -0.1) is 0 Å². The van der Waals surface area contributed by atoms with Crippen molar-refractivity contribution in [3.8, 4) is 11.6 Å². The van der Waals surface area contributed by atoms with Crippen molar-refractivity contribution in [3.05, 3.63) is 61.3 Å². The fraction of sp³-hybridized carbons (Fsp3) is 0.391. The van der Waals surface area contributed by atoms with Crippen LogP contribution in [0.15, 0.2) is 66.2 Å². The number of carbonyl (C=O) groups is 1. The molecule has 1 saturated heterocycles. The zero-order valence-electron chi connectivity index (χ0n) is 18.3. The molecule has 1 amide bonds. The van der Waals surface area contributed by atoms with E-state index in [0.29, 0.717) is 24.5 Å². The van der Waals surface area contributed by atoms with Crippen LogP contribution in [-0.2, 0) is 14.8 Å². The Morgan fingerprint density at radius 1 is 1.13 bits per heavy atom. The Kier molecular flexibility index (Phi) is 6.25. The molecule has 2 aromatic rings. The van der Waals surface area contributed by atoms with Crippen molar-refractivity contribution in [2.24, 2.45) is 0 Å². The van der Waals surface area contributed by atoms with E-state index in [1.165, 1.54) is 6.08 Å². The second-order valence-corrected chi connectivity index (χ2v) is 10.7. The standard InChI is InChI=1S/C23H29N3O4S/c1-6-20(27)25-17-15-22(2,3)26(23(4,5)16-17)31(28,29)19-12-10-18(11-13-19)30-21-9-7-8-14-24-21/h6-14,17H,1,15-16H2,2-5H3,(H,25,27). The first kappa shape index (κ1) is 23.0. The smallest absolute Gasteiger partial charge is 0.244 e. The highest BCUT2D eigenvalue weighted by atomic mass is 32.2. The number of ether oxygens (including phenoxy) is 1. The van der Waals surface area contributed by atoms with Gasteiger partial charge in [0.15, 0.2) is 0 Å². The monoisotopic (exact) mass is 443 g/mol. The number of piperidine rings is 1. The topological polar surface area (TPSA) is 88.6 Å². The molecule has 7 nitrogen and oxygen atoms in total. The van der Waals surface area contributed by atoms with Crippen LogP contribution in [0.25, 0.3) is 0 Å². The second-order valence-electron chi connectivity index (χ2n) is 8.95. The average molecular weight is 444 g/mol. The Balaban J connectivity index is 1.86. The molecule has 1 aliphatic heterocycles. The summed E-state index contributed by atoms with van der Waals surface area (Å²) in [5.41, 5.74) is -1.41. The van der Waals surface area contributed by atoms with Crippen LogP contribution in [0.5, 0.6) is 11.6 Å². The number of rotatable bonds is 6. The van der Waals surface area contributed by atoms with Crippen LogP contribution in [0.3, 0.4) is 0 Å². The molecule has 0 saturated carbocycles. The number of sulfonamides is 1. The van der Waals surface area contributed by atoms with Gasteiger partial charge in [0.2, 0.25) is 21.8 Å². The summed E-state index contributed by atoms with van der Waals surface area (Å²) in [5.74, 6) is 0.683. The van der Waals surface area contributed by atoms with E-state index in [1.807, 2.05) is 33.8 Å². The number of pyridine rings is 1. The average Bonchev–Trinajstić information content (AvgIpc) is 2.66. The number of aromatic nitrogens is 1. The van der Waals surface area contributed by atoms with Crippen LogP contribution in [0.4, 0.5) is 0 Å². The largest absolute Gasteiger partial charge is 0.439 e. The number of carbonyl (C=O) groups excluding carboxylic acids is 1. The summed E-state index contributed by atoms with van der Waals surface area (Å²) in [6.45, 7) is 11.0. The first-order chi connectivity index (χ1) is 14.5. The minimum Gasteiger partial charge on any atom is -0.439 e. The van der Waals surface area contributed by atoms with Gasteiger partial charge in [0.25, 0.3) is 0 Å². The minimum absolute atomic E-state index is 0.143. The van der Waals surface area contributed by atoms with E-state index < -0.39 is 21.1 Å². The summed E-state index contributed by atoms with van der Waals surface area (Å²) >= 11 is 0. The van der Waals surface area contributed by atoms with Crippen molar-refractivity contribution < 1.29 is 17.9 Å². The van der Waals surface area contributed by atoms with Gasteiger partial charge in [0.1, 0.15) is 5.75 Å². The Morgan fingerprint density at radius 2 is 1.74 bits per heavy atom. The molecule has 0 aliphatic carbocycles. The SMILES string of the molecule is C=CC(=O)NC1CC(C)(C)N(S(=O)(=O)c2ccc(Oc3ccccn3)cc2)C(C)(C)C1. The normalized spacial score (nSPS) is 18.8. The van der Waals surface area contributed by atoms with E-state index in [9.17, 15) is 13.2 Å². The van der Waals surface area contributed by atoms with Gasteiger partial charge < -0.3 is 10.1 Å². The predicted molar refractivity (Wildman–Crippen MR) is 119 cm³/mol. The van der Waals surface area contributed by atoms with E-state index >= 15 is 0 Å². The second kappa shape index (κ2) is 8.43. The van der Waals surface area contributed by atoms with Crippen LogP contribution >= 0.6 is 0 Å². The molecule has 31 heavy (non-hydrogen) atoms. The fourth-order valence-corrected chi connectivity index (χ4v) is 6.73. The summed E-state index contributed by atoms with van der Waals surface area (Å²) in [7, 11) is -3.80. The van der Waals surface area contributed by atoms with Gasteiger partial charge in [-0.05, 0) is 76.9 Å². The van der Waals surface area contributed by atoms with Crippen molar-refractivity contribution >= 4 is 15.9 Å². The number of nitrogens with one attached hydrogen (secondary N) is 1. The molecule has 0 radical (unpaired) electrons. The maximum atomic E-state index is 13.6. The molecule has 1 aromatic carbocycles. The molecule has 3 rings (SSSR count). The van der Waals surface area contributed by atoms with Gasteiger partial charge in [-0.1, -0.05) is 12.6 Å². The predicted octanol–water partition coefficient (Wildman–Crippen LogP) is 3.89. The lowest BCUT2D eigenvalue weighted by molar-refractivity contribution is -0.118. The first-order valence-corrected chi connectivity index (χ1v) is 11.6. The molecule has 1 aliphatic rings. The molecule has 8 heteroatoms.